The Labute approximate surface area is 412 Å². The number of nitrogens with two attached hydrogens (primary N) is 1. The first-order chi connectivity index (χ1) is 33.3. The summed E-state index contributed by atoms with van der Waals surface area (Å²) in [4.78, 5) is 156. The number of aliphatic hydroxyl groups excluding tert-OH is 1. The van der Waals surface area contributed by atoms with Crippen molar-refractivity contribution in [1.29, 1.82) is 0 Å². The normalized spacial score (nSPS) is 18.9. The summed E-state index contributed by atoms with van der Waals surface area (Å²) in [5, 5.41) is 51.1. The zero-order valence-electron chi connectivity index (χ0n) is 41.4. The molecule has 2 heterocycles. The van der Waals surface area contributed by atoms with Gasteiger partial charge in [0.2, 0.25) is 59.1 Å². The maximum Gasteiger partial charge on any atom is 0.326 e. The van der Waals surface area contributed by atoms with Gasteiger partial charge in [0.25, 0.3) is 0 Å². The molecule has 2 fully saturated rings. The van der Waals surface area contributed by atoms with Crippen LogP contribution in [0.2, 0.25) is 0 Å². The molecule has 2 rings (SSSR count). The summed E-state index contributed by atoms with van der Waals surface area (Å²) < 4.78 is 0. The summed E-state index contributed by atoms with van der Waals surface area (Å²) in [5.41, 5.74) is 5.25. The number of nitrogens with one attached hydrogen (secondary N) is 9. The molecule has 400 valence electrons. The molecule has 0 aromatic heterocycles. The van der Waals surface area contributed by atoms with E-state index in [4.69, 9.17) is 5.73 Å². The second-order valence-electron chi connectivity index (χ2n) is 18.7. The van der Waals surface area contributed by atoms with E-state index in [-0.39, 0.29) is 44.7 Å². The van der Waals surface area contributed by atoms with Crippen molar-refractivity contribution in [2.75, 3.05) is 26.2 Å². The Hall–Kier alpha value is -6.44. The van der Waals surface area contributed by atoms with Gasteiger partial charge in [0, 0.05) is 19.5 Å². The standard InChI is InChI=1S/C45H75N11O15/c1-7-8-9-10-12-28(45(70)71)52-43(68)32-13-11-16-56(32)35(60)22-49-38(63)25(6)50-41(66)30(17-23(2)3)54-44(69)37(24(4)5)55-42(67)31(19-36(61)62)53-40(65)27(14-15-33(46)58)51-34(59)21-48-39(64)29-18-26(57)20-47-29/h23-32,37,47,57H,7-22H2,1-6H3,(H2,46,58)(H,48,64)(H,49,63)(H,50,66)(H,51,59)(H,52,68)(H,53,65)(H,54,69)(H,55,67)(H,61,62)(H,70,71)/t25-,26+,27-,28-,29-,30-,31-,32-,37-/m0/s1. The number of unbranched alkanes of at least 4 members (excludes halogenated alkanes) is 3. The Balaban J connectivity index is 2.09. The number of β-amino-alcohol motifs (C(OH)–C–C–N with tert-alkyl or cyclic N) is 1. The summed E-state index contributed by atoms with van der Waals surface area (Å²) in [6.07, 6.45) is 1.89. The molecule has 71 heavy (non-hydrogen) atoms. The fourth-order valence-corrected chi connectivity index (χ4v) is 7.85. The lowest BCUT2D eigenvalue weighted by Gasteiger charge is -2.28. The average molecular weight is 1010 g/mol. The lowest BCUT2D eigenvalue weighted by Crippen LogP contribution is -2.60. The van der Waals surface area contributed by atoms with Crippen molar-refractivity contribution in [1.82, 2.24) is 52.8 Å². The van der Waals surface area contributed by atoms with Gasteiger partial charge in [0.05, 0.1) is 31.7 Å². The molecule has 0 aliphatic carbocycles. The van der Waals surface area contributed by atoms with Crippen molar-refractivity contribution < 1.29 is 72.9 Å². The quantitative estimate of drug-likeness (QED) is 0.0298. The minimum Gasteiger partial charge on any atom is -0.481 e. The smallest absolute Gasteiger partial charge is 0.326 e. The Morgan fingerprint density at radius 3 is 1.92 bits per heavy atom. The van der Waals surface area contributed by atoms with E-state index in [9.17, 15) is 72.9 Å². The maximum atomic E-state index is 13.8. The van der Waals surface area contributed by atoms with Gasteiger partial charge in [0.15, 0.2) is 0 Å². The van der Waals surface area contributed by atoms with Gasteiger partial charge in [-0.15, -0.1) is 0 Å². The first-order valence-corrected chi connectivity index (χ1v) is 24.1. The van der Waals surface area contributed by atoms with Crippen LogP contribution in [-0.4, -0.2) is 172 Å². The molecule has 0 radical (unpaired) electrons. The molecule has 0 spiro atoms. The van der Waals surface area contributed by atoms with Crippen LogP contribution in [0, 0.1) is 11.8 Å². The summed E-state index contributed by atoms with van der Waals surface area (Å²) in [5.74, 6) is -11.9. The fourth-order valence-electron chi connectivity index (χ4n) is 7.85. The fraction of sp³-hybridized carbons (Fsp3) is 0.733. The minimum atomic E-state index is -1.84. The van der Waals surface area contributed by atoms with E-state index in [2.05, 4.69) is 47.9 Å². The molecule has 0 aromatic carbocycles. The summed E-state index contributed by atoms with van der Waals surface area (Å²) in [6.45, 7) is 9.15. The molecular weight excluding hydrogens is 935 g/mol. The number of hydrogen-bond donors (Lipinski definition) is 13. The SMILES string of the molecule is CCCCCC[C@H](NC(=O)[C@@H]1CCCN1C(=O)CNC(=O)[C@H](C)NC(=O)[C@H](CC(C)C)NC(=O)[C@@H](NC(=O)[C@H](CC(=O)O)NC(=O)[C@H](CCC(N)=O)NC(=O)CNC(=O)[C@@H]1C[C@@H](O)CN1)C(C)C)C(=O)O. The van der Waals surface area contributed by atoms with Gasteiger partial charge in [-0.25, -0.2) is 4.79 Å². The van der Waals surface area contributed by atoms with Crippen molar-refractivity contribution in [3.63, 3.8) is 0 Å². The summed E-state index contributed by atoms with van der Waals surface area (Å²) >= 11 is 0. The Bertz CT molecular complexity index is 1920. The van der Waals surface area contributed by atoms with Crippen LogP contribution in [0.3, 0.4) is 0 Å². The number of amides is 10. The van der Waals surface area contributed by atoms with Crippen molar-refractivity contribution in [2.45, 2.75) is 173 Å². The third kappa shape index (κ3) is 21.6. The van der Waals surface area contributed by atoms with E-state index in [1.807, 2.05) is 6.92 Å². The highest BCUT2D eigenvalue weighted by Crippen LogP contribution is 2.19. The van der Waals surface area contributed by atoms with E-state index in [0.717, 1.165) is 19.3 Å². The Kier molecular flexibility index (Phi) is 25.9. The predicted molar refractivity (Wildman–Crippen MR) is 252 cm³/mol. The summed E-state index contributed by atoms with van der Waals surface area (Å²) in [6, 6.07) is -10.2. The van der Waals surface area contributed by atoms with Crippen molar-refractivity contribution in [2.24, 2.45) is 17.6 Å². The first kappa shape index (κ1) is 60.7. The second kappa shape index (κ2) is 30.3. The zero-order chi connectivity index (χ0) is 53.5. The van der Waals surface area contributed by atoms with Gasteiger partial charge in [-0.3, -0.25) is 52.7 Å². The predicted octanol–water partition coefficient (Wildman–Crippen LogP) is -3.64. The monoisotopic (exact) mass is 1010 g/mol. The van der Waals surface area contributed by atoms with Gasteiger partial charge < -0.3 is 73.8 Å². The van der Waals surface area contributed by atoms with Crippen LogP contribution in [0.15, 0.2) is 0 Å². The number of aliphatic hydroxyl groups is 1. The molecular formula is C45H75N11O15. The number of hydrogen-bond acceptors (Lipinski definition) is 14. The van der Waals surface area contributed by atoms with E-state index in [1.54, 1.807) is 27.7 Å². The second-order valence-corrected chi connectivity index (χ2v) is 18.7. The number of nitrogens with zero attached hydrogens (tertiary/aromatic N) is 1. The highest BCUT2D eigenvalue weighted by Gasteiger charge is 2.38. The van der Waals surface area contributed by atoms with E-state index < -0.39 is 157 Å². The molecule has 14 N–H and O–H groups in total. The van der Waals surface area contributed by atoms with Crippen LogP contribution in [0.5, 0.6) is 0 Å². The number of carbonyl (C=O) groups excluding carboxylic acids is 10. The lowest BCUT2D eigenvalue weighted by atomic mass is 9.99. The van der Waals surface area contributed by atoms with Crippen molar-refractivity contribution in [3.8, 4) is 0 Å². The van der Waals surface area contributed by atoms with E-state index >= 15 is 0 Å². The molecule has 0 unspecified atom stereocenters. The molecule has 2 saturated heterocycles. The third-order valence-electron chi connectivity index (χ3n) is 11.8. The van der Waals surface area contributed by atoms with Gasteiger partial charge in [-0.1, -0.05) is 60.3 Å². The van der Waals surface area contributed by atoms with E-state index in [1.165, 1.54) is 11.8 Å². The molecule has 0 saturated carbocycles. The Morgan fingerprint density at radius 2 is 1.34 bits per heavy atom. The van der Waals surface area contributed by atoms with Crippen LogP contribution < -0.4 is 53.6 Å². The van der Waals surface area contributed by atoms with E-state index in [0.29, 0.717) is 19.3 Å². The van der Waals surface area contributed by atoms with Crippen molar-refractivity contribution in [3.05, 3.63) is 0 Å². The lowest BCUT2D eigenvalue weighted by molar-refractivity contribution is -0.144. The van der Waals surface area contributed by atoms with Gasteiger partial charge >= 0.3 is 11.9 Å². The first-order valence-electron chi connectivity index (χ1n) is 24.1. The number of rotatable bonds is 31. The van der Waals surface area contributed by atoms with Gasteiger partial charge in [-0.2, -0.15) is 0 Å². The van der Waals surface area contributed by atoms with Crippen molar-refractivity contribution >= 4 is 71.0 Å². The number of likely N-dealkylation sites (tertiary alicyclic amines) is 1. The highest BCUT2D eigenvalue weighted by atomic mass is 16.4. The van der Waals surface area contributed by atoms with Crippen LogP contribution in [-0.2, 0) is 57.5 Å². The zero-order valence-corrected chi connectivity index (χ0v) is 41.4. The van der Waals surface area contributed by atoms with Gasteiger partial charge in [0.1, 0.15) is 42.3 Å². The third-order valence-corrected chi connectivity index (χ3v) is 11.8. The number of carboxylic acids is 2. The molecule has 2 aliphatic rings. The van der Waals surface area contributed by atoms with Crippen LogP contribution >= 0.6 is 0 Å². The average Bonchev–Trinajstić information content (AvgIpc) is 3.97. The minimum absolute atomic E-state index is 0.0451. The number of aliphatic carboxylic acids is 2. The molecule has 2 aliphatic heterocycles. The molecule has 0 bridgehead atoms. The number of carboxylic acid groups (broad SMARTS) is 2. The van der Waals surface area contributed by atoms with Crippen LogP contribution in [0.4, 0.5) is 0 Å². The molecule has 0 aromatic rings. The topological polar surface area (TPSA) is 403 Å². The molecule has 9 atom stereocenters. The number of carbonyl (C=O) groups is 12. The largest absolute Gasteiger partial charge is 0.481 e. The van der Waals surface area contributed by atoms with Crippen LogP contribution in [0.1, 0.15) is 119 Å². The maximum absolute atomic E-state index is 13.8. The van der Waals surface area contributed by atoms with Gasteiger partial charge in [-0.05, 0) is 57.3 Å². The van der Waals surface area contributed by atoms with Crippen LogP contribution in [0.25, 0.3) is 0 Å². The number of primary amides is 1. The summed E-state index contributed by atoms with van der Waals surface area (Å²) in [7, 11) is 0. The molecule has 26 heteroatoms. The molecule has 10 amide bonds. The Morgan fingerprint density at radius 1 is 0.690 bits per heavy atom. The molecule has 26 nitrogen and oxygen atoms in total. The highest BCUT2D eigenvalue weighted by molar-refractivity contribution is 5.98.